The number of fused-ring (bicyclic) bond motifs is 1. The van der Waals surface area contributed by atoms with E-state index in [1.807, 2.05) is 0 Å². The fourth-order valence-corrected chi connectivity index (χ4v) is 3.47. The Morgan fingerprint density at radius 2 is 1.43 bits per heavy atom. The Labute approximate surface area is 124 Å². The first kappa shape index (κ1) is 15.8. The minimum Gasteiger partial charge on any atom is -0.505 e. The Hall–Kier alpha value is -1.59. The first-order chi connectivity index (χ1) is 9.43. The molecule has 0 aliphatic carbocycles. The van der Waals surface area contributed by atoms with Crippen molar-refractivity contribution in [3.05, 3.63) is 23.2 Å². The van der Waals surface area contributed by atoms with Crippen molar-refractivity contribution in [3.8, 4) is 5.75 Å². The van der Waals surface area contributed by atoms with Crippen molar-refractivity contribution in [2.75, 3.05) is 5.73 Å². The first-order valence-corrected chi connectivity index (χ1v) is 8.38. The van der Waals surface area contributed by atoms with Crippen molar-refractivity contribution in [2.24, 2.45) is 0 Å². The molecule has 0 heterocycles. The minimum atomic E-state index is -4.74. The van der Waals surface area contributed by atoms with Crippen LogP contribution >= 0.6 is 11.6 Å². The summed E-state index contributed by atoms with van der Waals surface area (Å²) in [7, 11) is -9.39. The SMILES string of the molecule is Nc1c(S(=O)(=O)O)cc2cc(S(=O)(=O)O)c(Cl)cc2c1O. The number of hydrogen-bond donors (Lipinski definition) is 4. The molecule has 2 rings (SSSR count). The highest BCUT2D eigenvalue weighted by Gasteiger charge is 2.22. The summed E-state index contributed by atoms with van der Waals surface area (Å²) < 4.78 is 62.7. The number of halogens is 1. The Morgan fingerprint density at radius 1 is 0.952 bits per heavy atom. The van der Waals surface area contributed by atoms with Gasteiger partial charge in [0, 0.05) is 5.39 Å². The van der Waals surface area contributed by atoms with Crippen LogP contribution in [0.2, 0.25) is 5.02 Å². The lowest BCUT2D eigenvalue weighted by atomic mass is 10.1. The molecule has 0 aliphatic rings. The molecule has 8 nitrogen and oxygen atoms in total. The van der Waals surface area contributed by atoms with E-state index in [0.29, 0.717) is 0 Å². The number of anilines is 1. The molecule has 0 aliphatic heterocycles. The number of hydrogen-bond acceptors (Lipinski definition) is 6. The van der Waals surface area contributed by atoms with Crippen LogP contribution in [0.15, 0.2) is 28.0 Å². The van der Waals surface area contributed by atoms with Gasteiger partial charge in [0.05, 0.1) is 10.7 Å². The molecular formula is C10H8ClNO7S2. The fraction of sp³-hybridized carbons (Fsp3) is 0. The molecule has 0 saturated heterocycles. The summed E-state index contributed by atoms with van der Waals surface area (Å²) in [5.41, 5.74) is 4.80. The van der Waals surface area contributed by atoms with Crippen LogP contribution in [0.5, 0.6) is 5.75 Å². The number of aromatic hydroxyl groups is 1. The van der Waals surface area contributed by atoms with E-state index in [2.05, 4.69) is 0 Å². The maximum absolute atomic E-state index is 11.2. The summed E-state index contributed by atoms with van der Waals surface area (Å²) in [6, 6.07) is 2.70. The topological polar surface area (TPSA) is 155 Å². The predicted octanol–water partition coefficient (Wildman–Crippen LogP) is 1.27. The van der Waals surface area contributed by atoms with Crippen molar-refractivity contribution in [2.45, 2.75) is 9.79 Å². The number of benzene rings is 2. The maximum Gasteiger partial charge on any atom is 0.296 e. The number of phenolic OH excluding ortho intramolecular Hbond substituents is 1. The molecular weight excluding hydrogens is 346 g/mol. The molecule has 0 unspecified atom stereocenters. The van der Waals surface area contributed by atoms with Crippen LogP contribution in [0.4, 0.5) is 5.69 Å². The van der Waals surface area contributed by atoms with Crippen LogP contribution in [0.1, 0.15) is 0 Å². The summed E-state index contributed by atoms with van der Waals surface area (Å²) in [5.74, 6) is -0.691. The predicted molar refractivity (Wildman–Crippen MR) is 74.7 cm³/mol. The van der Waals surface area contributed by atoms with Crippen LogP contribution in [0, 0.1) is 0 Å². The van der Waals surface area contributed by atoms with Crippen LogP contribution in [-0.2, 0) is 20.2 Å². The van der Waals surface area contributed by atoms with E-state index in [9.17, 15) is 21.9 Å². The average molecular weight is 354 g/mol. The van der Waals surface area contributed by atoms with E-state index < -0.39 is 41.5 Å². The highest BCUT2D eigenvalue weighted by atomic mass is 35.5. The summed E-state index contributed by atoms with van der Waals surface area (Å²) in [4.78, 5) is -1.47. The standard InChI is InChI=1S/C10H8ClNO7S2/c11-6-3-5-4(1-7(6)20(14,15)16)2-8(21(17,18)19)9(12)10(5)13/h1-3,13H,12H2,(H,14,15,16)(H,17,18,19). The second-order valence-corrected chi connectivity index (χ2v) is 7.28. The van der Waals surface area contributed by atoms with E-state index >= 15 is 0 Å². The van der Waals surface area contributed by atoms with Gasteiger partial charge in [-0.05, 0) is 23.6 Å². The molecule has 5 N–H and O–H groups in total. The quantitative estimate of drug-likeness (QED) is 0.357. The molecule has 0 spiro atoms. The van der Waals surface area contributed by atoms with Crippen molar-refractivity contribution in [3.63, 3.8) is 0 Å². The minimum absolute atomic E-state index is 0.0442. The second-order valence-electron chi connectivity index (χ2n) is 4.09. The van der Waals surface area contributed by atoms with Gasteiger partial charge in [0.25, 0.3) is 20.2 Å². The summed E-state index contributed by atoms with van der Waals surface area (Å²) in [5, 5.41) is 9.31. The van der Waals surface area contributed by atoms with Crippen LogP contribution in [0.25, 0.3) is 10.8 Å². The molecule has 21 heavy (non-hydrogen) atoms. The number of nitrogens with two attached hydrogens (primary N) is 1. The van der Waals surface area contributed by atoms with E-state index in [-0.39, 0.29) is 15.8 Å². The number of rotatable bonds is 2. The normalized spacial score (nSPS) is 12.7. The molecule has 0 aromatic heterocycles. The third kappa shape index (κ3) is 2.76. The molecule has 0 saturated carbocycles. The number of nitrogen functional groups attached to an aromatic ring is 1. The van der Waals surface area contributed by atoms with Gasteiger partial charge < -0.3 is 10.8 Å². The molecule has 2 aromatic rings. The van der Waals surface area contributed by atoms with Crippen molar-refractivity contribution < 1.29 is 31.0 Å². The van der Waals surface area contributed by atoms with Gasteiger partial charge in [0.15, 0.2) is 0 Å². The zero-order valence-corrected chi connectivity index (χ0v) is 12.4. The van der Waals surface area contributed by atoms with Crippen LogP contribution < -0.4 is 5.73 Å². The van der Waals surface area contributed by atoms with Crippen molar-refractivity contribution >= 4 is 48.3 Å². The lowest BCUT2D eigenvalue weighted by Gasteiger charge is -2.10. The van der Waals surface area contributed by atoms with Gasteiger partial charge in [-0.25, -0.2) is 0 Å². The van der Waals surface area contributed by atoms with E-state index in [0.717, 1.165) is 18.2 Å². The van der Waals surface area contributed by atoms with Gasteiger partial charge in [-0.1, -0.05) is 11.6 Å². The fourth-order valence-electron chi connectivity index (χ4n) is 1.79. The van der Waals surface area contributed by atoms with Gasteiger partial charge in [-0.15, -0.1) is 0 Å². The van der Waals surface area contributed by atoms with E-state index in [1.165, 1.54) is 0 Å². The lowest BCUT2D eigenvalue weighted by molar-refractivity contribution is 0.473. The van der Waals surface area contributed by atoms with Gasteiger partial charge >= 0.3 is 0 Å². The van der Waals surface area contributed by atoms with Crippen LogP contribution in [0.3, 0.4) is 0 Å². The van der Waals surface area contributed by atoms with Gasteiger partial charge in [-0.2, -0.15) is 16.8 Å². The van der Waals surface area contributed by atoms with Gasteiger partial charge in [0.2, 0.25) is 0 Å². The zero-order chi connectivity index (χ0) is 16.2. The molecule has 0 bridgehead atoms. The smallest absolute Gasteiger partial charge is 0.296 e. The summed E-state index contributed by atoms with van der Waals surface area (Å²) in [6.45, 7) is 0. The molecule has 114 valence electrons. The summed E-state index contributed by atoms with van der Waals surface area (Å²) in [6.07, 6.45) is 0. The highest BCUT2D eigenvalue weighted by Crippen LogP contribution is 2.39. The largest absolute Gasteiger partial charge is 0.505 e. The lowest BCUT2D eigenvalue weighted by Crippen LogP contribution is -2.04. The van der Waals surface area contributed by atoms with Gasteiger partial charge in [-0.3, -0.25) is 9.11 Å². The maximum atomic E-state index is 11.2. The average Bonchev–Trinajstić information content (AvgIpc) is 2.31. The highest BCUT2D eigenvalue weighted by molar-refractivity contribution is 7.86. The molecule has 11 heteroatoms. The third-order valence-corrected chi connectivity index (χ3v) is 4.93. The Balaban J connectivity index is 3.01. The van der Waals surface area contributed by atoms with E-state index in [4.69, 9.17) is 26.4 Å². The van der Waals surface area contributed by atoms with E-state index in [1.54, 1.807) is 0 Å². The van der Waals surface area contributed by atoms with Gasteiger partial charge in [0.1, 0.15) is 15.5 Å². The zero-order valence-electron chi connectivity index (χ0n) is 9.98. The molecule has 0 atom stereocenters. The monoisotopic (exact) mass is 353 g/mol. The third-order valence-electron chi connectivity index (χ3n) is 2.72. The summed E-state index contributed by atoms with van der Waals surface area (Å²) >= 11 is 5.68. The Bertz CT molecular complexity index is 962. The Morgan fingerprint density at radius 3 is 1.90 bits per heavy atom. The Kier molecular flexibility index (Phi) is 3.54. The molecule has 2 aromatic carbocycles. The number of phenols is 1. The van der Waals surface area contributed by atoms with Crippen molar-refractivity contribution in [1.29, 1.82) is 0 Å². The molecule has 0 fully saturated rings. The first-order valence-electron chi connectivity index (χ1n) is 5.12. The molecule has 0 radical (unpaired) electrons. The molecule has 0 amide bonds. The van der Waals surface area contributed by atoms with Crippen molar-refractivity contribution in [1.82, 2.24) is 0 Å². The van der Waals surface area contributed by atoms with Crippen LogP contribution in [-0.4, -0.2) is 31.0 Å². The second kappa shape index (κ2) is 4.71.